The van der Waals surface area contributed by atoms with Gasteiger partial charge in [0.15, 0.2) is 5.65 Å². The first-order valence-electron chi connectivity index (χ1n) is 15.5. The van der Waals surface area contributed by atoms with Gasteiger partial charge in [-0.05, 0) is 81.9 Å². The average molecular weight is 576 g/mol. The molecule has 0 bridgehead atoms. The van der Waals surface area contributed by atoms with Gasteiger partial charge >= 0.3 is 0 Å². The van der Waals surface area contributed by atoms with Crippen LogP contribution in [-0.4, -0.2) is 14.4 Å². The van der Waals surface area contributed by atoms with Crippen LogP contribution in [0.25, 0.3) is 93.6 Å². The summed E-state index contributed by atoms with van der Waals surface area (Å²) in [6, 6.07) is 41.4. The zero-order chi connectivity index (χ0) is 29.6. The molecule has 0 saturated heterocycles. The molecule has 45 heavy (non-hydrogen) atoms. The van der Waals surface area contributed by atoms with Crippen LogP contribution in [0, 0.1) is 0 Å². The minimum Gasteiger partial charge on any atom is -0.456 e. The lowest BCUT2D eigenvalue weighted by Crippen LogP contribution is -2.14. The second-order valence-electron chi connectivity index (χ2n) is 13.0. The number of hydrogen-bond acceptors (Lipinski definition) is 3. The molecule has 6 aromatic carbocycles. The van der Waals surface area contributed by atoms with Crippen LogP contribution >= 0.6 is 0 Å². The third-order valence-corrected chi connectivity index (χ3v) is 10.3. The summed E-state index contributed by atoms with van der Waals surface area (Å²) < 4.78 is 8.70. The fraction of sp³-hybridized carbons (Fsp3) is 0.0732. The lowest BCUT2D eigenvalue weighted by molar-refractivity contribution is 0.660. The standard InChI is InChI=1S/C41H25N3O/c1-41(2)29-11-5-3-9-24(29)26-19-22(15-16-30(26)41)23-20-27-36-33(17-18-35-37(36)25-10-4-8-14-34(25)45-35)44-39(27)28(21-23)38-40(44)43-32-13-7-6-12-31(32)42-38/h3-21H,1-2H3. The second-order valence-corrected chi connectivity index (χ2v) is 13.0. The Balaban J connectivity index is 1.31. The van der Waals surface area contributed by atoms with Gasteiger partial charge in [0.1, 0.15) is 16.7 Å². The molecule has 0 amide bonds. The summed E-state index contributed by atoms with van der Waals surface area (Å²) in [6.45, 7) is 4.67. The van der Waals surface area contributed by atoms with E-state index in [1.54, 1.807) is 0 Å². The van der Waals surface area contributed by atoms with Gasteiger partial charge in [-0.3, -0.25) is 4.40 Å². The summed E-state index contributed by atoms with van der Waals surface area (Å²) in [5, 5.41) is 5.79. The van der Waals surface area contributed by atoms with E-state index < -0.39 is 0 Å². The van der Waals surface area contributed by atoms with Crippen LogP contribution < -0.4 is 0 Å². The Morgan fingerprint density at radius 1 is 0.578 bits per heavy atom. The Morgan fingerprint density at radius 3 is 2.24 bits per heavy atom. The van der Waals surface area contributed by atoms with Crippen LogP contribution in [0.5, 0.6) is 0 Å². The fourth-order valence-electron chi connectivity index (χ4n) is 8.25. The van der Waals surface area contributed by atoms with Gasteiger partial charge in [0, 0.05) is 32.3 Å². The van der Waals surface area contributed by atoms with Crippen molar-refractivity contribution in [2.75, 3.05) is 0 Å². The highest BCUT2D eigenvalue weighted by molar-refractivity contribution is 6.32. The van der Waals surface area contributed by atoms with Crippen molar-refractivity contribution in [1.82, 2.24) is 14.4 Å². The minimum atomic E-state index is -0.0283. The van der Waals surface area contributed by atoms with Gasteiger partial charge in [0.05, 0.1) is 22.1 Å². The highest BCUT2D eigenvalue weighted by Crippen LogP contribution is 2.50. The molecule has 210 valence electrons. The smallest absolute Gasteiger partial charge is 0.165 e. The maximum absolute atomic E-state index is 6.37. The highest BCUT2D eigenvalue weighted by atomic mass is 16.3. The van der Waals surface area contributed by atoms with Crippen molar-refractivity contribution in [2.24, 2.45) is 0 Å². The molecule has 1 aliphatic carbocycles. The Labute approximate surface area is 257 Å². The number of benzene rings is 6. The van der Waals surface area contributed by atoms with Crippen molar-refractivity contribution in [3.63, 3.8) is 0 Å². The van der Waals surface area contributed by atoms with Crippen molar-refractivity contribution >= 4 is 71.3 Å². The van der Waals surface area contributed by atoms with Crippen LogP contribution in [0.3, 0.4) is 0 Å². The van der Waals surface area contributed by atoms with E-state index in [0.717, 1.165) is 60.6 Å². The van der Waals surface area contributed by atoms with Gasteiger partial charge in [-0.2, -0.15) is 0 Å². The Hall–Kier alpha value is -5.74. The largest absolute Gasteiger partial charge is 0.456 e. The summed E-state index contributed by atoms with van der Waals surface area (Å²) in [5.41, 5.74) is 15.5. The van der Waals surface area contributed by atoms with Gasteiger partial charge < -0.3 is 4.42 Å². The van der Waals surface area contributed by atoms with Gasteiger partial charge in [-0.15, -0.1) is 0 Å². The Bertz CT molecular complexity index is 2910. The molecular formula is C41H25N3O. The van der Waals surface area contributed by atoms with Crippen molar-refractivity contribution in [3.05, 3.63) is 126 Å². The van der Waals surface area contributed by atoms with Crippen molar-refractivity contribution in [1.29, 1.82) is 0 Å². The zero-order valence-corrected chi connectivity index (χ0v) is 24.7. The van der Waals surface area contributed by atoms with Crippen LogP contribution in [0.15, 0.2) is 120 Å². The van der Waals surface area contributed by atoms with Crippen LogP contribution in [-0.2, 0) is 5.41 Å². The third kappa shape index (κ3) is 2.83. The monoisotopic (exact) mass is 575 g/mol. The zero-order valence-electron chi connectivity index (χ0n) is 24.7. The number of aromatic nitrogens is 3. The van der Waals surface area contributed by atoms with Gasteiger partial charge in [0.2, 0.25) is 0 Å². The predicted octanol–water partition coefficient (Wildman–Crippen LogP) is 10.7. The van der Waals surface area contributed by atoms with E-state index in [2.05, 4.69) is 109 Å². The maximum Gasteiger partial charge on any atom is 0.165 e. The second kappa shape index (κ2) is 7.85. The first kappa shape index (κ1) is 23.7. The molecule has 0 N–H and O–H groups in total. The summed E-state index contributed by atoms with van der Waals surface area (Å²) >= 11 is 0. The fourth-order valence-corrected chi connectivity index (χ4v) is 8.25. The third-order valence-electron chi connectivity index (χ3n) is 10.3. The molecule has 0 fully saturated rings. The summed E-state index contributed by atoms with van der Waals surface area (Å²) in [7, 11) is 0. The minimum absolute atomic E-state index is 0.0283. The number of para-hydroxylation sites is 3. The molecule has 11 rings (SSSR count). The molecule has 0 spiro atoms. The number of furan rings is 1. The number of rotatable bonds is 1. The number of fused-ring (bicyclic) bond motifs is 14. The SMILES string of the molecule is CC1(C)c2ccccc2-c2cc(-c3cc4c5nc6ccccc6nc5n5c6ccc7oc8ccccc8c7c6c(c3)c45)ccc21. The Morgan fingerprint density at radius 2 is 1.33 bits per heavy atom. The van der Waals surface area contributed by atoms with Crippen molar-refractivity contribution < 1.29 is 4.42 Å². The Kier molecular flexibility index (Phi) is 4.13. The van der Waals surface area contributed by atoms with Crippen LogP contribution in [0.2, 0.25) is 0 Å². The quantitative estimate of drug-likeness (QED) is 0.196. The van der Waals surface area contributed by atoms with E-state index in [9.17, 15) is 0 Å². The van der Waals surface area contributed by atoms with Gasteiger partial charge in [-0.25, -0.2) is 9.97 Å². The molecule has 0 saturated carbocycles. The first-order chi connectivity index (χ1) is 22.1. The highest BCUT2D eigenvalue weighted by Gasteiger charge is 2.35. The molecule has 4 nitrogen and oxygen atoms in total. The molecule has 4 aromatic heterocycles. The van der Waals surface area contributed by atoms with Crippen molar-refractivity contribution in [2.45, 2.75) is 19.3 Å². The lowest BCUT2D eigenvalue weighted by atomic mass is 9.82. The number of hydrogen-bond donors (Lipinski definition) is 0. The van der Waals surface area contributed by atoms with Gasteiger partial charge in [-0.1, -0.05) is 80.6 Å². The molecule has 0 atom stereocenters. The maximum atomic E-state index is 6.37. The normalized spacial score (nSPS) is 14.2. The molecule has 4 heterocycles. The first-order valence-corrected chi connectivity index (χ1v) is 15.5. The molecule has 1 aliphatic rings. The summed E-state index contributed by atoms with van der Waals surface area (Å²) in [4.78, 5) is 10.4. The van der Waals surface area contributed by atoms with E-state index in [1.165, 1.54) is 44.2 Å². The predicted molar refractivity (Wildman–Crippen MR) is 184 cm³/mol. The van der Waals surface area contributed by atoms with E-state index in [1.807, 2.05) is 24.3 Å². The molecule has 0 unspecified atom stereocenters. The van der Waals surface area contributed by atoms with E-state index in [0.29, 0.717) is 0 Å². The van der Waals surface area contributed by atoms with E-state index in [-0.39, 0.29) is 5.41 Å². The molecule has 4 heteroatoms. The molecule has 0 aliphatic heterocycles. The number of nitrogens with zero attached hydrogens (tertiary/aromatic N) is 3. The van der Waals surface area contributed by atoms with Gasteiger partial charge in [0.25, 0.3) is 0 Å². The van der Waals surface area contributed by atoms with Crippen LogP contribution in [0.4, 0.5) is 0 Å². The topological polar surface area (TPSA) is 43.3 Å². The summed E-state index contributed by atoms with van der Waals surface area (Å²) in [5.74, 6) is 0. The average Bonchev–Trinajstić information content (AvgIpc) is 3.77. The molecular weight excluding hydrogens is 550 g/mol. The summed E-state index contributed by atoms with van der Waals surface area (Å²) in [6.07, 6.45) is 0. The molecule has 10 aromatic rings. The van der Waals surface area contributed by atoms with Crippen LogP contribution in [0.1, 0.15) is 25.0 Å². The van der Waals surface area contributed by atoms with Crippen molar-refractivity contribution in [3.8, 4) is 22.3 Å². The van der Waals surface area contributed by atoms with E-state index >= 15 is 0 Å². The molecule has 0 radical (unpaired) electrons. The lowest BCUT2D eigenvalue weighted by Gasteiger charge is -2.21. The van der Waals surface area contributed by atoms with E-state index in [4.69, 9.17) is 14.4 Å².